The van der Waals surface area contributed by atoms with Gasteiger partial charge in [0.2, 0.25) is 0 Å². The molecule has 4 unspecified atom stereocenters. The fourth-order valence-electron chi connectivity index (χ4n) is 5.45. The van der Waals surface area contributed by atoms with Gasteiger partial charge >= 0.3 is 0 Å². The maximum atomic E-state index is 13.3. The van der Waals surface area contributed by atoms with Gasteiger partial charge in [-0.2, -0.15) is 0 Å². The average Bonchev–Trinajstić information content (AvgIpc) is 3.18. The van der Waals surface area contributed by atoms with Crippen molar-refractivity contribution in [2.75, 3.05) is 14.1 Å². The predicted octanol–water partition coefficient (Wildman–Crippen LogP) is 5.27. The monoisotopic (exact) mass is 456 g/mol. The Morgan fingerprint density at radius 1 is 1.12 bits per heavy atom. The summed E-state index contributed by atoms with van der Waals surface area (Å²) in [6, 6.07) is 17.5. The summed E-state index contributed by atoms with van der Waals surface area (Å²) in [6.07, 6.45) is -0.721. The second-order valence-electron chi connectivity index (χ2n) is 8.74. The van der Waals surface area contributed by atoms with E-state index in [1.54, 1.807) is 18.2 Å². The molecule has 1 N–H and O–H groups in total. The van der Waals surface area contributed by atoms with Crippen LogP contribution < -0.4 is 4.74 Å². The molecule has 0 spiro atoms. The summed E-state index contributed by atoms with van der Waals surface area (Å²) in [5.41, 5.74) is -0.789. The van der Waals surface area contributed by atoms with E-state index in [0.717, 1.165) is 5.56 Å². The molecule has 1 aliphatic carbocycles. The number of benzene rings is 2. The molecule has 4 nitrogen and oxygen atoms in total. The highest BCUT2D eigenvalue weighted by Crippen LogP contribution is 2.66. The van der Waals surface area contributed by atoms with Crippen molar-refractivity contribution in [3.05, 3.63) is 94.3 Å². The first-order valence-corrected chi connectivity index (χ1v) is 10.8. The third-order valence-corrected chi connectivity index (χ3v) is 7.04. The van der Waals surface area contributed by atoms with E-state index in [0.29, 0.717) is 28.5 Å². The number of hydrogen-bond acceptors (Lipinski definition) is 4. The minimum absolute atomic E-state index is 0.0798. The number of likely N-dealkylation sites (N-methyl/N-ethyl adjacent to an activating group) is 1. The number of rotatable bonds is 4. The van der Waals surface area contributed by atoms with Crippen molar-refractivity contribution in [3.8, 4) is 5.75 Å². The van der Waals surface area contributed by atoms with Crippen molar-refractivity contribution >= 4 is 11.6 Å². The van der Waals surface area contributed by atoms with Crippen molar-refractivity contribution in [1.29, 1.82) is 0 Å². The summed E-state index contributed by atoms with van der Waals surface area (Å²) >= 11 is 6.19. The van der Waals surface area contributed by atoms with Gasteiger partial charge in [-0.3, -0.25) is 4.98 Å². The molecule has 0 radical (unpaired) electrons. The first-order valence-electron chi connectivity index (χ1n) is 10.5. The van der Waals surface area contributed by atoms with Crippen molar-refractivity contribution in [1.82, 2.24) is 9.88 Å². The summed E-state index contributed by atoms with van der Waals surface area (Å²) < 4.78 is 33.2. The van der Waals surface area contributed by atoms with Gasteiger partial charge in [0.1, 0.15) is 11.4 Å². The van der Waals surface area contributed by atoms with Gasteiger partial charge in [0.25, 0.3) is 6.43 Å². The van der Waals surface area contributed by atoms with Gasteiger partial charge in [0, 0.05) is 36.2 Å². The molecule has 0 saturated heterocycles. The Bertz CT molecular complexity index is 1140. The van der Waals surface area contributed by atoms with Gasteiger partial charge in [-0.15, -0.1) is 0 Å². The molecule has 0 bridgehead atoms. The lowest BCUT2D eigenvalue weighted by Gasteiger charge is -2.41. The molecule has 1 aliphatic heterocycles. The standard InChI is InChI=1S/C25H23ClF2N2O2/c1-30(2)19-13-24(31)22-20(12-18(26)14-29-22)32-25(24,21(19)15-6-4-3-5-7-15)17-10-8-16(9-11-17)23(27)28/h3-12,14,19,21,23,31H,13H2,1-2H3. The average molecular weight is 457 g/mol. The van der Waals surface area contributed by atoms with E-state index in [2.05, 4.69) is 9.88 Å². The lowest BCUT2D eigenvalue weighted by molar-refractivity contribution is -0.107. The first kappa shape index (κ1) is 21.3. The molecule has 5 rings (SSSR count). The Labute approximate surface area is 190 Å². The number of aliphatic hydroxyl groups is 1. The topological polar surface area (TPSA) is 45.6 Å². The lowest BCUT2D eigenvalue weighted by atomic mass is 9.72. The van der Waals surface area contributed by atoms with E-state index in [4.69, 9.17) is 16.3 Å². The number of fused-ring (bicyclic) bond motifs is 3. The number of aromatic nitrogens is 1. The van der Waals surface area contributed by atoms with E-state index >= 15 is 0 Å². The highest BCUT2D eigenvalue weighted by Gasteiger charge is 2.72. The van der Waals surface area contributed by atoms with E-state index < -0.39 is 17.6 Å². The second-order valence-corrected chi connectivity index (χ2v) is 9.18. The normalized spacial score (nSPS) is 28.6. The van der Waals surface area contributed by atoms with E-state index in [-0.39, 0.29) is 17.5 Å². The van der Waals surface area contributed by atoms with Gasteiger partial charge in [-0.25, -0.2) is 8.78 Å². The lowest BCUT2D eigenvalue weighted by Crippen LogP contribution is -2.49. The van der Waals surface area contributed by atoms with Crippen molar-refractivity contribution < 1.29 is 18.6 Å². The van der Waals surface area contributed by atoms with Crippen molar-refractivity contribution in [2.24, 2.45) is 0 Å². The van der Waals surface area contributed by atoms with E-state index in [9.17, 15) is 13.9 Å². The van der Waals surface area contributed by atoms with Crippen LogP contribution in [0.15, 0.2) is 66.9 Å². The van der Waals surface area contributed by atoms with Crippen molar-refractivity contribution in [2.45, 2.75) is 36.0 Å². The molecular weight excluding hydrogens is 434 g/mol. The Morgan fingerprint density at radius 2 is 1.81 bits per heavy atom. The van der Waals surface area contributed by atoms with Crippen LogP contribution in [0.1, 0.15) is 41.1 Å². The summed E-state index contributed by atoms with van der Waals surface area (Å²) in [5.74, 6) is 0.116. The number of pyridine rings is 1. The van der Waals surface area contributed by atoms with Gasteiger partial charge in [0.15, 0.2) is 11.2 Å². The quantitative estimate of drug-likeness (QED) is 0.581. The summed E-state index contributed by atoms with van der Waals surface area (Å²) in [5, 5.41) is 12.7. The van der Waals surface area contributed by atoms with Gasteiger partial charge in [-0.05, 0) is 25.2 Å². The fraction of sp³-hybridized carbons (Fsp3) is 0.320. The molecule has 1 saturated carbocycles. The summed E-state index contributed by atoms with van der Waals surface area (Å²) in [4.78, 5) is 6.54. The molecule has 0 amide bonds. The Morgan fingerprint density at radius 3 is 2.44 bits per heavy atom. The van der Waals surface area contributed by atoms with Crippen LogP contribution in [0.5, 0.6) is 5.75 Å². The number of hydrogen-bond donors (Lipinski definition) is 1. The van der Waals surface area contributed by atoms with Crippen LogP contribution >= 0.6 is 11.6 Å². The molecule has 1 aromatic heterocycles. The molecule has 2 heterocycles. The molecule has 2 aromatic carbocycles. The highest BCUT2D eigenvalue weighted by molar-refractivity contribution is 6.30. The van der Waals surface area contributed by atoms with Crippen molar-refractivity contribution in [3.63, 3.8) is 0 Å². The summed E-state index contributed by atoms with van der Waals surface area (Å²) in [6.45, 7) is 0. The van der Waals surface area contributed by atoms with Crippen LogP contribution in [-0.4, -0.2) is 35.1 Å². The zero-order valence-electron chi connectivity index (χ0n) is 17.7. The number of alkyl halides is 2. The maximum Gasteiger partial charge on any atom is 0.263 e. The number of ether oxygens (including phenoxy) is 1. The molecule has 32 heavy (non-hydrogen) atoms. The van der Waals surface area contributed by atoms with Crippen LogP contribution in [0.25, 0.3) is 0 Å². The summed E-state index contributed by atoms with van der Waals surface area (Å²) in [7, 11) is 3.93. The minimum atomic E-state index is -2.58. The number of halogens is 3. The molecule has 1 fully saturated rings. The van der Waals surface area contributed by atoms with Gasteiger partial charge in [0.05, 0.1) is 5.02 Å². The van der Waals surface area contributed by atoms with Crippen LogP contribution in [0.3, 0.4) is 0 Å². The number of nitrogens with zero attached hydrogens (tertiary/aromatic N) is 2. The Hall–Kier alpha value is -2.54. The zero-order chi connectivity index (χ0) is 22.7. The van der Waals surface area contributed by atoms with Gasteiger partial charge < -0.3 is 14.7 Å². The Kier molecular flexibility index (Phi) is 5.00. The van der Waals surface area contributed by atoms with E-state index in [1.165, 1.54) is 18.3 Å². The van der Waals surface area contributed by atoms with Crippen LogP contribution in [0.4, 0.5) is 8.78 Å². The fourth-order valence-corrected chi connectivity index (χ4v) is 5.60. The maximum absolute atomic E-state index is 13.3. The second kappa shape index (κ2) is 7.51. The largest absolute Gasteiger partial charge is 0.476 e. The van der Waals surface area contributed by atoms with Crippen LogP contribution in [0.2, 0.25) is 5.02 Å². The molecular formula is C25H23ClF2N2O2. The third-order valence-electron chi connectivity index (χ3n) is 6.84. The molecule has 2 aliphatic rings. The van der Waals surface area contributed by atoms with Crippen LogP contribution in [0, 0.1) is 0 Å². The van der Waals surface area contributed by atoms with E-state index in [1.807, 2.05) is 44.4 Å². The zero-order valence-corrected chi connectivity index (χ0v) is 18.4. The predicted molar refractivity (Wildman–Crippen MR) is 118 cm³/mol. The SMILES string of the molecule is CN(C)C1CC2(O)c3ncc(Cl)cc3OC2(c2ccc(C(F)F)cc2)C1c1ccccc1. The molecule has 3 aromatic rings. The molecule has 4 atom stereocenters. The first-order chi connectivity index (χ1) is 15.3. The highest BCUT2D eigenvalue weighted by atomic mass is 35.5. The third kappa shape index (κ3) is 2.90. The Balaban J connectivity index is 1.79. The smallest absolute Gasteiger partial charge is 0.263 e. The molecule has 166 valence electrons. The van der Waals surface area contributed by atoms with Crippen LogP contribution in [-0.2, 0) is 11.2 Å². The minimum Gasteiger partial charge on any atom is -0.476 e. The molecule has 7 heteroatoms. The van der Waals surface area contributed by atoms with Gasteiger partial charge in [-0.1, -0.05) is 66.2 Å².